The van der Waals surface area contributed by atoms with Crippen LogP contribution in [0.1, 0.15) is 38.5 Å². The first-order valence-electron chi connectivity index (χ1n) is 5.49. The summed E-state index contributed by atoms with van der Waals surface area (Å²) in [5.41, 5.74) is 0.530. The lowest BCUT2D eigenvalue weighted by atomic mass is 9.81. The Morgan fingerprint density at radius 1 is 1.47 bits per heavy atom. The summed E-state index contributed by atoms with van der Waals surface area (Å²) in [5.74, 6) is -0.283. The molecule has 0 heterocycles. The van der Waals surface area contributed by atoms with E-state index in [9.17, 15) is 9.59 Å². The summed E-state index contributed by atoms with van der Waals surface area (Å²) in [6.45, 7) is 0. The van der Waals surface area contributed by atoms with Gasteiger partial charge in [-0.15, -0.1) is 0 Å². The molecule has 82 valence electrons. The number of ether oxygens (including phenoxy) is 1. The van der Waals surface area contributed by atoms with E-state index in [0.717, 1.165) is 19.3 Å². The van der Waals surface area contributed by atoms with Gasteiger partial charge in [0.15, 0.2) is 5.78 Å². The first kappa shape index (κ1) is 10.4. The van der Waals surface area contributed by atoms with Gasteiger partial charge in [0.05, 0.1) is 7.11 Å². The van der Waals surface area contributed by atoms with Crippen LogP contribution in [0, 0.1) is 5.41 Å². The predicted molar refractivity (Wildman–Crippen MR) is 55.2 cm³/mol. The lowest BCUT2D eigenvalue weighted by Gasteiger charge is -2.22. The van der Waals surface area contributed by atoms with Gasteiger partial charge in [0.1, 0.15) is 5.41 Å². The highest BCUT2D eigenvalue weighted by atomic mass is 16.5. The lowest BCUT2D eigenvalue weighted by Crippen LogP contribution is -2.35. The summed E-state index contributed by atoms with van der Waals surface area (Å²) in [5, 5.41) is 0. The highest BCUT2D eigenvalue weighted by Gasteiger charge is 2.48. The first-order chi connectivity index (χ1) is 7.19. The van der Waals surface area contributed by atoms with Crippen molar-refractivity contribution >= 4 is 11.8 Å². The molecule has 0 amide bonds. The molecule has 2 saturated carbocycles. The van der Waals surface area contributed by atoms with E-state index in [1.54, 1.807) is 0 Å². The molecule has 2 aliphatic carbocycles. The van der Waals surface area contributed by atoms with Crippen molar-refractivity contribution in [2.75, 3.05) is 7.11 Å². The van der Waals surface area contributed by atoms with E-state index in [4.69, 9.17) is 4.74 Å². The van der Waals surface area contributed by atoms with Crippen LogP contribution in [0.4, 0.5) is 0 Å². The third kappa shape index (κ3) is 1.83. The van der Waals surface area contributed by atoms with E-state index < -0.39 is 5.41 Å². The van der Waals surface area contributed by atoms with Crippen LogP contribution in [-0.2, 0) is 14.3 Å². The van der Waals surface area contributed by atoms with Gasteiger partial charge in [-0.1, -0.05) is 11.6 Å². The minimum Gasteiger partial charge on any atom is -0.468 e. The number of carbonyl (C=O) groups is 2. The highest BCUT2D eigenvalue weighted by molar-refractivity contribution is 6.05. The van der Waals surface area contributed by atoms with E-state index in [0.29, 0.717) is 19.3 Å². The van der Waals surface area contributed by atoms with Gasteiger partial charge >= 0.3 is 5.97 Å². The van der Waals surface area contributed by atoms with E-state index in [-0.39, 0.29) is 11.8 Å². The van der Waals surface area contributed by atoms with Crippen molar-refractivity contribution in [2.24, 2.45) is 5.41 Å². The second-order valence-electron chi connectivity index (χ2n) is 4.42. The molecule has 0 aromatic heterocycles. The zero-order chi connectivity index (χ0) is 10.9. The van der Waals surface area contributed by atoms with E-state index in [2.05, 4.69) is 6.08 Å². The van der Waals surface area contributed by atoms with Crippen LogP contribution >= 0.6 is 0 Å². The van der Waals surface area contributed by atoms with Crippen molar-refractivity contribution in [3.63, 3.8) is 0 Å². The third-order valence-corrected chi connectivity index (χ3v) is 3.40. The van der Waals surface area contributed by atoms with Gasteiger partial charge in [-0.25, -0.2) is 0 Å². The molecule has 0 aromatic rings. The molecule has 0 spiro atoms. The zero-order valence-electron chi connectivity index (χ0n) is 9.04. The fraction of sp³-hybridized carbons (Fsp3) is 0.667. The summed E-state index contributed by atoms with van der Waals surface area (Å²) in [6.07, 6.45) is 6.86. The number of Topliss-reactive ketones (excluding diaryl/α,β-unsaturated/α-hetero) is 1. The van der Waals surface area contributed by atoms with Crippen LogP contribution in [0.3, 0.4) is 0 Å². The summed E-state index contributed by atoms with van der Waals surface area (Å²) in [4.78, 5) is 23.5. The second kappa shape index (κ2) is 3.80. The average Bonchev–Trinajstić information content (AvgIpc) is 3.00. The Hall–Kier alpha value is -1.12. The minimum atomic E-state index is -0.843. The summed E-state index contributed by atoms with van der Waals surface area (Å²) in [7, 11) is 1.36. The van der Waals surface area contributed by atoms with Crippen LogP contribution in [0.15, 0.2) is 11.6 Å². The number of methoxy groups -OCH3 is 1. The molecule has 1 atom stereocenters. The Bertz CT molecular complexity index is 324. The molecule has 3 heteroatoms. The molecule has 3 nitrogen and oxygen atoms in total. The molecule has 0 radical (unpaired) electrons. The zero-order valence-corrected chi connectivity index (χ0v) is 9.04. The van der Waals surface area contributed by atoms with Crippen LogP contribution in [0.2, 0.25) is 0 Å². The molecule has 0 aromatic carbocycles. The van der Waals surface area contributed by atoms with Gasteiger partial charge in [0, 0.05) is 6.42 Å². The number of hydrogen-bond donors (Lipinski definition) is 0. The van der Waals surface area contributed by atoms with Crippen molar-refractivity contribution < 1.29 is 14.3 Å². The molecule has 0 N–H and O–H groups in total. The maximum Gasteiger partial charge on any atom is 0.319 e. The summed E-state index contributed by atoms with van der Waals surface area (Å²) in [6, 6.07) is 0. The van der Waals surface area contributed by atoms with Crippen LogP contribution < -0.4 is 0 Å². The molecule has 0 saturated heterocycles. The van der Waals surface area contributed by atoms with E-state index >= 15 is 0 Å². The van der Waals surface area contributed by atoms with Crippen LogP contribution in [-0.4, -0.2) is 18.9 Å². The van der Waals surface area contributed by atoms with Crippen molar-refractivity contribution in [1.82, 2.24) is 0 Å². The molecule has 0 aliphatic heterocycles. The fourth-order valence-corrected chi connectivity index (χ4v) is 2.23. The Labute approximate surface area is 89.5 Å². The molecule has 2 fully saturated rings. The molecule has 2 aliphatic rings. The van der Waals surface area contributed by atoms with Gasteiger partial charge in [-0.3, -0.25) is 9.59 Å². The van der Waals surface area contributed by atoms with Gasteiger partial charge in [0.2, 0.25) is 0 Å². The van der Waals surface area contributed by atoms with Crippen molar-refractivity contribution in [3.05, 3.63) is 11.6 Å². The Balaban J connectivity index is 2.17. The summed E-state index contributed by atoms with van der Waals surface area (Å²) >= 11 is 0. The highest BCUT2D eigenvalue weighted by Crippen LogP contribution is 2.41. The van der Waals surface area contributed by atoms with Crippen molar-refractivity contribution in [2.45, 2.75) is 38.5 Å². The molecule has 1 unspecified atom stereocenters. The van der Waals surface area contributed by atoms with Gasteiger partial charge in [0.25, 0.3) is 0 Å². The standard InChI is InChI=1S/C12H16O3/c1-15-11(14)12(7-2-3-10(12)13)8-6-9-4-5-9/h6H,2-5,7-8H2,1H3. The lowest BCUT2D eigenvalue weighted by molar-refractivity contribution is -0.156. The number of esters is 1. The molecule has 0 bridgehead atoms. The molecular weight excluding hydrogens is 192 g/mol. The number of hydrogen-bond acceptors (Lipinski definition) is 3. The topological polar surface area (TPSA) is 43.4 Å². The minimum absolute atomic E-state index is 0.0619. The fourth-order valence-electron chi connectivity index (χ4n) is 2.23. The number of allylic oxidation sites excluding steroid dienone is 2. The normalized spacial score (nSPS) is 29.1. The predicted octanol–water partition coefficient (Wildman–Crippen LogP) is 2.01. The van der Waals surface area contributed by atoms with Gasteiger partial charge in [-0.2, -0.15) is 0 Å². The summed E-state index contributed by atoms with van der Waals surface area (Å²) < 4.78 is 4.77. The largest absolute Gasteiger partial charge is 0.468 e. The average molecular weight is 208 g/mol. The van der Waals surface area contributed by atoms with Gasteiger partial charge in [-0.05, 0) is 32.1 Å². The molecular formula is C12H16O3. The Kier molecular flexibility index (Phi) is 2.63. The van der Waals surface area contributed by atoms with Crippen molar-refractivity contribution in [1.29, 1.82) is 0 Å². The van der Waals surface area contributed by atoms with E-state index in [1.807, 2.05) is 0 Å². The second-order valence-corrected chi connectivity index (χ2v) is 4.42. The maximum atomic E-state index is 11.8. The van der Waals surface area contributed by atoms with Crippen LogP contribution in [0.5, 0.6) is 0 Å². The number of ketones is 1. The number of carbonyl (C=O) groups excluding carboxylic acids is 2. The third-order valence-electron chi connectivity index (χ3n) is 3.40. The Morgan fingerprint density at radius 3 is 2.67 bits per heavy atom. The number of rotatable bonds is 3. The smallest absolute Gasteiger partial charge is 0.319 e. The molecule has 2 rings (SSSR count). The first-order valence-corrected chi connectivity index (χ1v) is 5.49. The van der Waals surface area contributed by atoms with Gasteiger partial charge < -0.3 is 4.74 Å². The van der Waals surface area contributed by atoms with Crippen molar-refractivity contribution in [3.8, 4) is 0 Å². The SMILES string of the molecule is COC(=O)C1(CC=C2CC2)CCCC1=O. The maximum absolute atomic E-state index is 11.8. The van der Waals surface area contributed by atoms with Crippen LogP contribution in [0.25, 0.3) is 0 Å². The monoisotopic (exact) mass is 208 g/mol. The molecule has 15 heavy (non-hydrogen) atoms. The van der Waals surface area contributed by atoms with E-state index in [1.165, 1.54) is 12.7 Å². The Morgan fingerprint density at radius 2 is 2.20 bits per heavy atom. The quantitative estimate of drug-likeness (QED) is 0.405.